The van der Waals surface area contributed by atoms with E-state index in [1.807, 2.05) is 53.2 Å². The van der Waals surface area contributed by atoms with Gasteiger partial charge in [-0.3, -0.25) is 4.79 Å². The number of nitrogens with one attached hydrogen (secondary N) is 1. The molecule has 0 spiro atoms. The summed E-state index contributed by atoms with van der Waals surface area (Å²) in [4.78, 5) is 16.9. The van der Waals surface area contributed by atoms with Gasteiger partial charge in [0.2, 0.25) is 5.91 Å². The zero-order chi connectivity index (χ0) is 20.5. The van der Waals surface area contributed by atoms with Crippen LogP contribution in [0.25, 0.3) is 0 Å². The van der Waals surface area contributed by atoms with Crippen LogP contribution in [0.3, 0.4) is 0 Å². The minimum atomic E-state index is -0.681. The molecule has 0 saturated carbocycles. The molecule has 0 unspecified atom stereocenters. The van der Waals surface area contributed by atoms with Crippen LogP contribution < -0.4 is 15.8 Å². The molecule has 0 aliphatic carbocycles. The number of benzene rings is 2. The molecule has 0 saturated heterocycles. The number of ether oxygens (including phenoxy) is 1. The molecule has 3 rings (SSSR count). The van der Waals surface area contributed by atoms with E-state index >= 15 is 0 Å². The maximum Gasteiger partial charge on any atom is 0.241 e. The Bertz CT molecular complexity index is 908. The average molecular weight is 393 g/mol. The van der Waals surface area contributed by atoms with Crippen molar-refractivity contribution < 1.29 is 9.53 Å². The van der Waals surface area contributed by atoms with Crippen LogP contribution in [-0.4, -0.2) is 28.1 Å². The molecule has 1 aromatic heterocycles. The normalized spacial score (nSPS) is 11.8. The van der Waals surface area contributed by atoms with E-state index in [9.17, 15) is 4.79 Å². The number of unbranched alkanes of at least 4 members (excludes halogenated alkanes) is 1. The molecule has 0 fully saturated rings. The molecule has 3 aromatic rings. The smallest absolute Gasteiger partial charge is 0.241 e. The van der Waals surface area contributed by atoms with Gasteiger partial charge in [0.05, 0.1) is 24.7 Å². The Morgan fingerprint density at radius 2 is 2.03 bits per heavy atom. The molecule has 0 aliphatic rings. The van der Waals surface area contributed by atoms with E-state index in [4.69, 9.17) is 10.5 Å². The van der Waals surface area contributed by atoms with E-state index in [0.29, 0.717) is 18.7 Å². The van der Waals surface area contributed by atoms with Gasteiger partial charge < -0.3 is 20.4 Å². The molecular formula is C23H28N4O2. The third-order valence-electron chi connectivity index (χ3n) is 4.53. The Morgan fingerprint density at radius 1 is 1.21 bits per heavy atom. The highest BCUT2D eigenvalue weighted by molar-refractivity contribution is 5.94. The lowest BCUT2D eigenvalue weighted by Crippen LogP contribution is -2.37. The molecule has 0 aliphatic heterocycles. The summed E-state index contributed by atoms with van der Waals surface area (Å²) in [7, 11) is 0. The van der Waals surface area contributed by atoms with Crippen LogP contribution in [0.5, 0.6) is 5.75 Å². The number of carbonyl (C=O) groups is 1. The number of rotatable bonds is 10. The molecule has 1 heterocycles. The van der Waals surface area contributed by atoms with Crippen LogP contribution in [0.1, 0.15) is 31.0 Å². The summed E-state index contributed by atoms with van der Waals surface area (Å²) in [6.07, 6.45) is 6.15. The zero-order valence-corrected chi connectivity index (χ0v) is 16.8. The van der Waals surface area contributed by atoms with Crippen LogP contribution in [0.4, 0.5) is 5.69 Å². The number of hydrogen-bond acceptors (Lipinski definition) is 4. The molecule has 29 heavy (non-hydrogen) atoms. The van der Waals surface area contributed by atoms with Crippen molar-refractivity contribution in [2.24, 2.45) is 5.73 Å². The number of aromatic nitrogens is 2. The number of hydrogen-bond donors (Lipinski definition) is 2. The lowest BCUT2D eigenvalue weighted by Gasteiger charge is -2.12. The second kappa shape index (κ2) is 10.4. The van der Waals surface area contributed by atoms with Gasteiger partial charge in [0, 0.05) is 30.9 Å². The molecule has 0 radical (unpaired) electrons. The van der Waals surface area contributed by atoms with Crippen molar-refractivity contribution in [3.63, 3.8) is 0 Å². The molecule has 6 heteroatoms. The van der Waals surface area contributed by atoms with Gasteiger partial charge in [-0.15, -0.1) is 0 Å². The van der Waals surface area contributed by atoms with Crippen LogP contribution in [0, 0.1) is 0 Å². The van der Waals surface area contributed by atoms with Crippen LogP contribution >= 0.6 is 0 Å². The van der Waals surface area contributed by atoms with E-state index in [1.165, 1.54) is 5.56 Å². The van der Waals surface area contributed by atoms with Gasteiger partial charge in [-0.2, -0.15) is 0 Å². The van der Waals surface area contributed by atoms with E-state index < -0.39 is 6.04 Å². The van der Waals surface area contributed by atoms with Gasteiger partial charge in [-0.05, 0) is 24.1 Å². The van der Waals surface area contributed by atoms with Gasteiger partial charge in [-0.1, -0.05) is 49.7 Å². The number of amides is 1. The standard InChI is InChI=1S/C23H28N4O2/c1-2-3-12-29-21-11-7-10-19(13-21)26-23(28)22(24)14-20-16-27(17-25-20)15-18-8-5-4-6-9-18/h4-11,13,16-17,22H,2-3,12,14-15,24H2,1H3,(H,26,28)/t22-/m0/s1. The molecule has 152 valence electrons. The van der Waals surface area contributed by atoms with Crippen molar-refractivity contribution in [3.8, 4) is 5.75 Å². The summed E-state index contributed by atoms with van der Waals surface area (Å²) < 4.78 is 7.67. The first-order valence-electron chi connectivity index (χ1n) is 9.98. The SMILES string of the molecule is CCCCOc1cccc(NC(=O)[C@@H](N)Cc2cn(Cc3ccccc3)cn2)c1. The summed E-state index contributed by atoms with van der Waals surface area (Å²) in [5.41, 5.74) is 8.76. The van der Waals surface area contributed by atoms with Crippen LogP contribution in [-0.2, 0) is 17.8 Å². The summed E-state index contributed by atoms with van der Waals surface area (Å²) in [6.45, 7) is 3.52. The van der Waals surface area contributed by atoms with E-state index in [2.05, 4.69) is 29.4 Å². The summed E-state index contributed by atoms with van der Waals surface area (Å²) in [6, 6.07) is 16.8. The molecular weight excluding hydrogens is 364 g/mol. The highest BCUT2D eigenvalue weighted by Crippen LogP contribution is 2.18. The lowest BCUT2D eigenvalue weighted by molar-refractivity contribution is -0.117. The predicted octanol–water partition coefficient (Wildman–Crippen LogP) is 3.62. The fourth-order valence-corrected chi connectivity index (χ4v) is 2.94. The van der Waals surface area contributed by atoms with E-state index in [1.54, 1.807) is 6.33 Å². The number of anilines is 1. The third-order valence-corrected chi connectivity index (χ3v) is 4.53. The maximum absolute atomic E-state index is 12.5. The highest BCUT2D eigenvalue weighted by atomic mass is 16.5. The molecule has 3 N–H and O–H groups in total. The largest absolute Gasteiger partial charge is 0.494 e. The lowest BCUT2D eigenvalue weighted by atomic mass is 10.1. The second-order valence-electron chi connectivity index (χ2n) is 7.05. The zero-order valence-electron chi connectivity index (χ0n) is 16.8. The number of carbonyl (C=O) groups excluding carboxylic acids is 1. The first kappa shape index (κ1) is 20.6. The van der Waals surface area contributed by atoms with Crippen molar-refractivity contribution in [1.82, 2.24) is 9.55 Å². The van der Waals surface area contributed by atoms with E-state index in [-0.39, 0.29) is 5.91 Å². The summed E-state index contributed by atoms with van der Waals surface area (Å²) in [5.74, 6) is 0.498. The van der Waals surface area contributed by atoms with Gasteiger partial charge in [-0.25, -0.2) is 4.98 Å². The highest BCUT2D eigenvalue weighted by Gasteiger charge is 2.16. The Kier molecular flexibility index (Phi) is 7.41. The second-order valence-corrected chi connectivity index (χ2v) is 7.05. The Balaban J connectivity index is 1.52. The average Bonchev–Trinajstić information content (AvgIpc) is 3.16. The summed E-state index contributed by atoms with van der Waals surface area (Å²) >= 11 is 0. The topological polar surface area (TPSA) is 82.2 Å². The quantitative estimate of drug-likeness (QED) is 0.516. The molecule has 6 nitrogen and oxygen atoms in total. The number of nitrogens with two attached hydrogens (primary N) is 1. The Labute approximate surface area is 171 Å². The first-order valence-corrected chi connectivity index (χ1v) is 9.98. The van der Waals surface area contributed by atoms with Gasteiger partial charge in [0.25, 0.3) is 0 Å². The van der Waals surface area contributed by atoms with E-state index in [0.717, 1.165) is 30.8 Å². The van der Waals surface area contributed by atoms with Crippen LogP contribution in [0.2, 0.25) is 0 Å². The van der Waals surface area contributed by atoms with Crippen LogP contribution in [0.15, 0.2) is 67.1 Å². The van der Waals surface area contributed by atoms with Crippen molar-refractivity contribution in [1.29, 1.82) is 0 Å². The van der Waals surface area contributed by atoms with Gasteiger partial charge >= 0.3 is 0 Å². The fraction of sp³-hybridized carbons (Fsp3) is 0.304. The Morgan fingerprint density at radius 3 is 2.83 bits per heavy atom. The van der Waals surface area contributed by atoms with Crippen molar-refractivity contribution in [2.75, 3.05) is 11.9 Å². The first-order chi connectivity index (χ1) is 14.1. The van der Waals surface area contributed by atoms with Crippen molar-refractivity contribution in [3.05, 3.63) is 78.4 Å². The van der Waals surface area contributed by atoms with Gasteiger partial charge in [0.1, 0.15) is 5.75 Å². The minimum absolute atomic E-state index is 0.242. The van der Waals surface area contributed by atoms with Crippen molar-refractivity contribution >= 4 is 11.6 Å². The number of nitrogens with zero attached hydrogens (tertiary/aromatic N) is 2. The molecule has 1 atom stereocenters. The molecule has 1 amide bonds. The third kappa shape index (κ3) is 6.47. The van der Waals surface area contributed by atoms with Gasteiger partial charge in [0.15, 0.2) is 0 Å². The Hall–Kier alpha value is -3.12. The fourth-order valence-electron chi connectivity index (χ4n) is 2.94. The van der Waals surface area contributed by atoms with Crippen molar-refractivity contribution in [2.45, 2.75) is 38.8 Å². The molecule has 0 bridgehead atoms. The minimum Gasteiger partial charge on any atom is -0.494 e. The molecule has 2 aromatic carbocycles. The summed E-state index contributed by atoms with van der Waals surface area (Å²) in [5, 5.41) is 2.86. The number of imidazole rings is 1. The monoisotopic (exact) mass is 392 g/mol. The predicted molar refractivity (Wildman–Crippen MR) is 115 cm³/mol. The maximum atomic E-state index is 12.5.